The van der Waals surface area contributed by atoms with E-state index < -0.39 is 6.55 Å². The Kier molecular flexibility index (Phi) is 9.52. The molecule has 34 heavy (non-hydrogen) atoms. The molecule has 3 aromatic rings. The molecule has 0 aliphatic carbocycles. The van der Waals surface area contributed by atoms with E-state index in [1.54, 1.807) is 0 Å². The molecule has 0 saturated carbocycles. The van der Waals surface area contributed by atoms with E-state index in [4.69, 9.17) is 31.9 Å². The van der Waals surface area contributed by atoms with Crippen molar-refractivity contribution in [3.05, 3.63) is 52.8 Å². The number of aliphatic hydroxyl groups excluding tert-OH is 1. The van der Waals surface area contributed by atoms with Crippen molar-refractivity contribution in [1.29, 1.82) is 0 Å². The highest BCUT2D eigenvalue weighted by Gasteiger charge is 2.19. The number of hydrogen-bond acceptors (Lipinski definition) is 8. The lowest BCUT2D eigenvalue weighted by molar-refractivity contribution is 0.0322. The Morgan fingerprint density at radius 1 is 1.18 bits per heavy atom. The van der Waals surface area contributed by atoms with Crippen LogP contribution in [-0.4, -0.2) is 76.3 Å². The van der Waals surface area contributed by atoms with Gasteiger partial charge in [-0.05, 0) is 11.6 Å². The normalized spacial score (nSPS) is 14.1. The zero-order valence-electron chi connectivity index (χ0n) is 18.7. The Bertz CT molecular complexity index is 1040. The summed E-state index contributed by atoms with van der Waals surface area (Å²) in [6.07, 6.45) is 1.62. The molecule has 1 aliphatic rings. The Morgan fingerprint density at radius 2 is 1.91 bits per heavy atom. The lowest BCUT2D eigenvalue weighted by Gasteiger charge is -2.26. The van der Waals surface area contributed by atoms with Gasteiger partial charge in [0.25, 0.3) is 0 Å². The molecule has 0 amide bonds. The number of nitrogens with zero attached hydrogens (tertiary/aromatic N) is 5. The summed E-state index contributed by atoms with van der Waals surface area (Å²) >= 11 is 5.98. The molecule has 1 fully saturated rings. The van der Waals surface area contributed by atoms with Crippen molar-refractivity contribution >= 4 is 17.5 Å². The Labute approximate surface area is 201 Å². The maximum atomic E-state index is 13.4. The standard InChI is InChI=1S/C21H23ClF2N6O2.CH4O/c22-18-12-16(26-21(25)27-18)19-15(13-30(28-19)20(23)24)11-14-3-1-2-4-17(14)32-10-7-29-5-8-31-9-6-29;1-2/h1-4,12-13,20H,5-11H2,(H2,25,26,27);2H,1H3. The third-order valence-electron chi connectivity index (χ3n) is 5.08. The van der Waals surface area contributed by atoms with Crippen molar-refractivity contribution in [2.75, 3.05) is 52.3 Å². The summed E-state index contributed by atoms with van der Waals surface area (Å²) in [4.78, 5) is 10.2. The van der Waals surface area contributed by atoms with Gasteiger partial charge < -0.3 is 20.3 Å². The van der Waals surface area contributed by atoms with Crippen LogP contribution in [0.1, 0.15) is 17.7 Å². The zero-order chi connectivity index (χ0) is 24.5. The lowest BCUT2D eigenvalue weighted by Crippen LogP contribution is -2.38. The second kappa shape index (κ2) is 12.6. The van der Waals surface area contributed by atoms with Crippen LogP contribution in [0, 0.1) is 0 Å². The molecule has 0 unspecified atom stereocenters. The maximum absolute atomic E-state index is 13.4. The zero-order valence-corrected chi connectivity index (χ0v) is 19.5. The first-order valence-corrected chi connectivity index (χ1v) is 11.0. The summed E-state index contributed by atoms with van der Waals surface area (Å²) in [6, 6.07) is 8.97. The number of halogens is 3. The van der Waals surface area contributed by atoms with Gasteiger partial charge in [-0.2, -0.15) is 13.9 Å². The van der Waals surface area contributed by atoms with E-state index in [1.807, 2.05) is 24.3 Å². The number of benzene rings is 1. The number of nitrogen functional groups attached to an aromatic ring is 1. The first-order chi connectivity index (χ1) is 16.5. The van der Waals surface area contributed by atoms with E-state index >= 15 is 0 Å². The molecule has 2 aromatic heterocycles. The number of rotatable bonds is 8. The van der Waals surface area contributed by atoms with Gasteiger partial charge in [0.05, 0.1) is 18.9 Å². The third kappa shape index (κ3) is 6.83. The summed E-state index contributed by atoms with van der Waals surface area (Å²) in [5, 5.41) is 11.1. The van der Waals surface area contributed by atoms with Crippen LogP contribution in [0.5, 0.6) is 5.75 Å². The quantitative estimate of drug-likeness (QED) is 0.458. The smallest absolute Gasteiger partial charge is 0.333 e. The van der Waals surface area contributed by atoms with Gasteiger partial charge in [0.1, 0.15) is 23.2 Å². The first kappa shape index (κ1) is 25.8. The summed E-state index contributed by atoms with van der Waals surface area (Å²) in [7, 11) is 1.00. The number of alkyl halides is 2. The van der Waals surface area contributed by atoms with Crippen molar-refractivity contribution in [2.45, 2.75) is 13.0 Å². The van der Waals surface area contributed by atoms with Crippen molar-refractivity contribution in [3.8, 4) is 17.1 Å². The van der Waals surface area contributed by atoms with Crippen molar-refractivity contribution < 1.29 is 23.4 Å². The molecule has 0 radical (unpaired) electrons. The fraction of sp³-hybridized carbons (Fsp3) is 0.409. The maximum Gasteiger partial charge on any atom is 0.333 e. The van der Waals surface area contributed by atoms with Gasteiger partial charge in [-0.25, -0.2) is 14.6 Å². The number of aliphatic hydroxyl groups is 1. The molecule has 184 valence electrons. The number of hydrogen-bond donors (Lipinski definition) is 2. The van der Waals surface area contributed by atoms with Crippen LogP contribution in [0.2, 0.25) is 5.15 Å². The Hall–Kier alpha value is -2.86. The van der Waals surface area contributed by atoms with E-state index in [1.165, 1.54) is 12.3 Å². The summed E-state index contributed by atoms with van der Waals surface area (Å²) < 4.78 is 38.7. The number of morpholine rings is 1. The van der Waals surface area contributed by atoms with Gasteiger partial charge in [0, 0.05) is 51.0 Å². The van der Waals surface area contributed by atoms with Crippen molar-refractivity contribution in [3.63, 3.8) is 0 Å². The van der Waals surface area contributed by atoms with Gasteiger partial charge in [-0.1, -0.05) is 29.8 Å². The Balaban J connectivity index is 0.00000158. The van der Waals surface area contributed by atoms with Crippen LogP contribution >= 0.6 is 11.6 Å². The van der Waals surface area contributed by atoms with E-state index in [0.717, 1.165) is 45.5 Å². The second-order valence-electron chi connectivity index (χ2n) is 7.28. The molecule has 1 aliphatic heterocycles. The number of para-hydroxylation sites is 1. The van der Waals surface area contributed by atoms with Crippen LogP contribution in [0.15, 0.2) is 36.5 Å². The average Bonchev–Trinajstić information content (AvgIpc) is 3.26. The van der Waals surface area contributed by atoms with E-state index in [9.17, 15) is 8.78 Å². The van der Waals surface area contributed by atoms with E-state index in [-0.39, 0.29) is 22.5 Å². The first-order valence-electron chi connectivity index (χ1n) is 10.6. The molecule has 12 heteroatoms. The predicted molar refractivity (Wildman–Crippen MR) is 124 cm³/mol. The van der Waals surface area contributed by atoms with Gasteiger partial charge in [0.2, 0.25) is 5.95 Å². The molecule has 9 nitrogen and oxygen atoms in total. The van der Waals surface area contributed by atoms with Crippen LogP contribution in [0.3, 0.4) is 0 Å². The summed E-state index contributed by atoms with van der Waals surface area (Å²) in [6.45, 7) is 1.72. The molecule has 1 saturated heterocycles. The van der Waals surface area contributed by atoms with Gasteiger partial charge in [-0.15, -0.1) is 0 Å². The van der Waals surface area contributed by atoms with Gasteiger partial charge >= 0.3 is 6.55 Å². The number of aromatic nitrogens is 4. The second-order valence-corrected chi connectivity index (χ2v) is 7.67. The molecule has 3 N–H and O–H groups in total. The summed E-state index contributed by atoms with van der Waals surface area (Å²) in [5.74, 6) is 0.633. The minimum atomic E-state index is -2.79. The highest BCUT2D eigenvalue weighted by Crippen LogP contribution is 2.29. The van der Waals surface area contributed by atoms with Crippen molar-refractivity contribution in [1.82, 2.24) is 24.6 Å². The molecule has 0 spiro atoms. The van der Waals surface area contributed by atoms with Crippen LogP contribution < -0.4 is 10.5 Å². The number of ether oxygens (including phenoxy) is 2. The molecule has 4 rings (SSSR count). The highest BCUT2D eigenvalue weighted by atomic mass is 35.5. The molecular weight excluding hydrogens is 470 g/mol. The molecule has 1 aromatic carbocycles. The number of nitrogens with two attached hydrogens (primary N) is 1. The molecule has 0 bridgehead atoms. The van der Waals surface area contributed by atoms with E-state index in [0.29, 0.717) is 29.0 Å². The van der Waals surface area contributed by atoms with Gasteiger partial charge in [0.15, 0.2) is 0 Å². The predicted octanol–water partition coefficient (Wildman–Crippen LogP) is 2.88. The van der Waals surface area contributed by atoms with Crippen LogP contribution in [0.25, 0.3) is 11.4 Å². The lowest BCUT2D eigenvalue weighted by atomic mass is 10.0. The molecular formula is C22H27ClF2N6O3. The largest absolute Gasteiger partial charge is 0.492 e. The Morgan fingerprint density at radius 3 is 2.62 bits per heavy atom. The SMILES string of the molecule is CO.Nc1nc(Cl)cc(-c2nn(C(F)F)cc2Cc2ccccc2OCCN2CCOCC2)n1. The van der Waals surface area contributed by atoms with Crippen molar-refractivity contribution in [2.24, 2.45) is 0 Å². The van der Waals surface area contributed by atoms with Gasteiger partial charge in [-0.3, -0.25) is 4.90 Å². The van der Waals surface area contributed by atoms with Crippen LogP contribution in [0.4, 0.5) is 14.7 Å². The van der Waals surface area contributed by atoms with E-state index in [2.05, 4.69) is 20.0 Å². The highest BCUT2D eigenvalue weighted by molar-refractivity contribution is 6.29. The minimum absolute atomic E-state index is 0.0584. The minimum Gasteiger partial charge on any atom is -0.492 e. The topological polar surface area (TPSA) is 112 Å². The fourth-order valence-electron chi connectivity index (χ4n) is 3.54. The molecule has 3 heterocycles. The van der Waals surface area contributed by atoms with Crippen LogP contribution in [-0.2, 0) is 11.2 Å². The average molecular weight is 497 g/mol. The summed E-state index contributed by atoms with van der Waals surface area (Å²) in [5.41, 5.74) is 7.62. The fourth-order valence-corrected chi connectivity index (χ4v) is 3.73. The molecule has 0 atom stereocenters. The monoisotopic (exact) mass is 496 g/mol. The third-order valence-corrected chi connectivity index (χ3v) is 5.28. The number of anilines is 1.